The summed E-state index contributed by atoms with van der Waals surface area (Å²) in [5, 5.41) is 3.91. The van der Waals surface area contributed by atoms with E-state index in [9.17, 15) is 9.59 Å². The Bertz CT molecular complexity index is 981. The number of thioether (sulfide) groups is 1. The predicted octanol–water partition coefficient (Wildman–Crippen LogP) is 4.21. The molecule has 0 fully saturated rings. The van der Waals surface area contributed by atoms with Crippen LogP contribution in [-0.2, 0) is 20.7 Å². The molecule has 9 heteroatoms. The zero-order chi connectivity index (χ0) is 19.4. The number of thiazole rings is 2. The number of hydrogen-bond acceptors (Lipinski definition) is 8. The van der Waals surface area contributed by atoms with E-state index < -0.39 is 0 Å². The normalized spacial score (nSPS) is 10.9. The number of amides is 1. The number of carbonyl (C=O) groups is 2. The number of aromatic nitrogens is 2. The van der Waals surface area contributed by atoms with Crippen molar-refractivity contribution in [3.05, 3.63) is 33.8 Å². The number of anilines is 1. The Kier molecular flexibility index (Phi) is 6.46. The van der Waals surface area contributed by atoms with Crippen LogP contribution in [0.3, 0.4) is 0 Å². The predicted molar refractivity (Wildman–Crippen MR) is 111 cm³/mol. The maximum Gasteiger partial charge on any atom is 0.302 e. The van der Waals surface area contributed by atoms with Crippen molar-refractivity contribution < 1.29 is 14.3 Å². The first-order valence-electron chi connectivity index (χ1n) is 8.30. The molecule has 0 spiro atoms. The Morgan fingerprint density at radius 2 is 2.04 bits per heavy atom. The highest BCUT2D eigenvalue weighted by atomic mass is 32.2. The number of nitrogens with one attached hydrogen (secondary N) is 1. The molecule has 0 radical (unpaired) electrons. The van der Waals surface area contributed by atoms with Crippen LogP contribution in [0.15, 0.2) is 22.5 Å². The summed E-state index contributed by atoms with van der Waals surface area (Å²) >= 11 is 4.71. The maximum atomic E-state index is 12.3. The third-order valence-electron chi connectivity index (χ3n) is 3.59. The van der Waals surface area contributed by atoms with E-state index in [-0.39, 0.29) is 18.3 Å². The zero-order valence-electron chi connectivity index (χ0n) is 15.2. The van der Waals surface area contributed by atoms with Gasteiger partial charge in [-0.3, -0.25) is 9.59 Å². The van der Waals surface area contributed by atoms with E-state index in [1.165, 1.54) is 6.92 Å². The molecule has 0 aliphatic heterocycles. The zero-order valence-corrected chi connectivity index (χ0v) is 17.6. The molecule has 0 aliphatic carbocycles. The molecule has 0 unspecified atom stereocenters. The van der Waals surface area contributed by atoms with Gasteiger partial charge in [0.25, 0.3) is 0 Å². The van der Waals surface area contributed by atoms with Crippen molar-refractivity contribution in [3.63, 3.8) is 0 Å². The molecule has 1 aromatic carbocycles. The SMILES string of the molecule is CC(=O)OCCSc1nc2ccc(NC(=O)Cc3nc(C)sc3C)cc2s1. The van der Waals surface area contributed by atoms with Gasteiger partial charge in [-0.1, -0.05) is 11.8 Å². The monoisotopic (exact) mass is 421 g/mol. The van der Waals surface area contributed by atoms with Gasteiger partial charge < -0.3 is 10.1 Å². The molecule has 2 aromatic heterocycles. The number of fused-ring (bicyclic) bond motifs is 1. The Balaban J connectivity index is 1.61. The Morgan fingerprint density at radius 1 is 1.22 bits per heavy atom. The van der Waals surface area contributed by atoms with Crippen LogP contribution in [0, 0.1) is 13.8 Å². The van der Waals surface area contributed by atoms with Gasteiger partial charge in [-0.15, -0.1) is 22.7 Å². The molecule has 0 atom stereocenters. The minimum atomic E-state index is -0.275. The first-order chi connectivity index (χ1) is 12.9. The van der Waals surface area contributed by atoms with E-state index in [2.05, 4.69) is 15.3 Å². The lowest BCUT2D eigenvalue weighted by molar-refractivity contribution is -0.140. The van der Waals surface area contributed by atoms with Crippen molar-refractivity contribution >= 4 is 62.2 Å². The van der Waals surface area contributed by atoms with E-state index >= 15 is 0 Å². The number of nitrogens with zero attached hydrogens (tertiary/aromatic N) is 2. The fraction of sp³-hybridized carbons (Fsp3) is 0.333. The minimum Gasteiger partial charge on any atom is -0.465 e. The number of aryl methyl sites for hydroxylation is 2. The van der Waals surface area contributed by atoms with Gasteiger partial charge in [-0.2, -0.15) is 0 Å². The first-order valence-corrected chi connectivity index (χ1v) is 10.9. The van der Waals surface area contributed by atoms with E-state index in [1.807, 2.05) is 32.0 Å². The average Bonchev–Trinajstić information content (AvgIpc) is 3.13. The minimum absolute atomic E-state index is 0.0803. The number of carbonyl (C=O) groups excluding carboxylic acids is 2. The summed E-state index contributed by atoms with van der Waals surface area (Å²) in [7, 11) is 0. The highest BCUT2D eigenvalue weighted by Gasteiger charge is 2.12. The molecule has 0 bridgehead atoms. The molecule has 1 amide bonds. The van der Waals surface area contributed by atoms with Crippen LogP contribution >= 0.6 is 34.4 Å². The lowest BCUT2D eigenvalue weighted by atomic mass is 10.2. The van der Waals surface area contributed by atoms with Gasteiger partial charge in [0.05, 0.1) is 27.3 Å². The summed E-state index contributed by atoms with van der Waals surface area (Å²) in [4.78, 5) is 33.1. The standard InChI is InChI=1S/C18H19N3O3S3/c1-10-15(19-11(2)26-10)9-17(23)20-13-4-5-14-16(8-13)27-18(21-14)25-7-6-24-12(3)22/h4-5,8H,6-7,9H2,1-3H3,(H,20,23). The number of esters is 1. The van der Waals surface area contributed by atoms with Gasteiger partial charge in [0.15, 0.2) is 4.34 Å². The van der Waals surface area contributed by atoms with Gasteiger partial charge in [-0.05, 0) is 32.0 Å². The molecule has 27 heavy (non-hydrogen) atoms. The fourth-order valence-electron chi connectivity index (χ4n) is 2.45. The van der Waals surface area contributed by atoms with Crippen LogP contribution in [0.25, 0.3) is 10.2 Å². The van der Waals surface area contributed by atoms with Gasteiger partial charge >= 0.3 is 5.97 Å². The summed E-state index contributed by atoms with van der Waals surface area (Å²) in [6, 6.07) is 5.68. The highest BCUT2D eigenvalue weighted by molar-refractivity contribution is 8.01. The van der Waals surface area contributed by atoms with Gasteiger partial charge in [-0.25, -0.2) is 9.97 Å². The Hall–Kier alpha value is -1.97. The topological polar surface area (TPSA) is 81.2 Å². The Morgan fingerprint density at radius 3 is 2.74 bits per heavy atom. The second kappa shape index (κ2) is 8.81. The average molecular weight is 422 g/mol. The van der Waals surface area contributed by atoms with Gasteiger partial charge in [0, 0.05) is 23.2 Å². The number of rotatable bonds is 7. The molecule has 2 heterocycles. The molecule has 6 nitrogen and oxygen atoms in total. The number of benzene rings is 1. The van der Waals surface area contributed by atoms with Crippen molar-refractivity contribution in [3.8, 4) is 0 Å². The second-order valence-electron chi connectivity index (χ2n) is 5.81. The van der Waals surface area contributed by atoms with Crippen molar-refractivity contribution in [1.29, 1.82) is 0 Å². The van der Waals surface area contributed by atoms with Crippen molar-refractivity contribution in [2.24, 2.45) is 0 Å². The van der Waals surface area contributed by atoms with Crippen LogP contribution in [0.1, 0.15) is 22.5 Å². The van der Waals surface area contributed by atoms with Gasteiger partial charge in [0.2, 0.25) is 5.91 Å². The molecule has 0 aliphatic rings. The van der Waals surface area contributed by atoms with Crippen LogP contribution in [-0.4, -0.2) is 34.2 Å². The van der Waals surface area contributed by atoms with Crippen LogP contribution in [0.5, 0.6) is 0 Å². The third kappa shape index (κ3) is 5.50. The van der Waals surface area contributed by atoms with Crippen LogP contribution in [0.4, 0.5) is 5.69 Å². The summed E-state index contributed by atoms with van der Waals surface area (Å²) in [5.41, 5.74) is 2.47. The smallest absolute Gasteiger partial charge is 0.302 e. The Labute approximate surface area is 169 Å². The van der Waals surface area contributed by atoms with Crippen molar-refractivity contribution in [2.75, 3.05) is 17.7 Å². The van der Waals surface area contributed by atoms with E-state index in [0.29, 0.717) is 12.4 Å². The summed E-state index contributed by atoms with van der Waals surface area (Å²) in [6.07, 6.45) is 0.272. The summed E-state index contributed by atoms with van der Waals surface area (Å²) in [5.74, 6) is 0.307. The first kappa shape index (κ1) is 19.8. The van der Waals surface area contributed by atoms with Gasteiger partial charge in [0.1, 0.15) is 6.61 Å². The summed E-state index contributed by atoms with van der Waals surface area (Å²) in [6.45, 7) is 5.69. The van der Waals surface area contributed by atoms with Crippen LogP contribution < -0.4 is 5.32 Å². The largest absolute Gasteiger partial charge is 0.465 e. The quantitative estimate of drug-likeness (QED) is 0.350. The summed E-state index contributed by atoms with van der Waals surface area (Å²) < 4.78 is 6.84. The third-order valence-corrected chi connectivity index (χ3v) is 6.65. The molecular formula is C18H19N3O3S3. The maximum absolute atomic E-state index is 12.3. The van der Waals surface area contributed by atoms with Crippen molar-refractivity contribution in [1.82, 2.24) is 9.97 Å². The number of ether oxygens (including phenoxy) is 1. The second-order valence-corrected chi connectivity index (χ2v) is 9.59. The highest BCUT2D eigenvalue weighted by Crippen LogP contribution is 2.31. The molecule has 3 rings (SSSR count). The van der Waals surface area contributed by atoms with Crippen molar-refractivity contribution in [2.45, 2.75) is 31.5 Å². The molecule has 3 aromatic rings. The molecule has 142 valence electrons. The lowest BCUT2D eigenvalue weighted by Crippen LogP contribution is -2.15. The van der Waals surface area contributed by atoms with E-state index in [4.69, 9.17) is 4.74 Å². The molecule has 0 saturated heterocycles. The molecule has 0 saturated carbocycles. The lowest BCUT2D eigenvalue weighted by Gasteiger charge is -2.04. The van der Waals surface area contributed by atoms with Crippen LogP contribution in [0.2, 0.25) is 0 Å². The molecule has 1 N–H and O–H groups in total. The fourth-order valence-corrected chi connectivity index (χ4v) is 5.28. The number of hydrogen-bond donors (Lipinski definition) is 1. The molecular weight excluding hydrogens is 402 g/mol. The van der Waals surface area contributed by atoms with E-state index in [1.54, 1.807) is 34.4 Å². The van der Waals surface area contributed by atoms with E-state index in [0.717, 1.165) is 35.8 Å².